The third-order valence-electron chi connectivity index (χ3n) is 2.10. The molecule has 0 radical (unpaired) electrons. The smallest absolute Gasteiger partial charge is 0.129 e. The van der Waals surface area contributed by atoms with Crippen LogP contribution in [-0.2, 0) is 0 Å². The second-order valence-electron chi connectivity index (χ2n) is 3.87. The molecule has 0 saturated carbocycles. The van der Waals surface area contributed by atoms with Crippen molar-refractivity contribution >= 4 is 15.9 Å². The van der Waals surface area contributed by atoms with E-state index in [1.807, 2.05) is 6.07 Å². The van der Waals surface area contributed by atoms with Crippen LogP contribution in [0, 0.1) is 11.7 Å². The lowest BCUT2D eigenvalue weighted by molar-refractivity contribution is 0.487. The molecule has 0 heterocycles. The molecule has 0 fully saturated rings. The number of rotatable bonds is 3. The van der Waals surface area contributed by atoms with E-state index in [-0.39, 0.29) is 11.9 Å². The van der Waals surface area contributed by atoms with Gasteiger partial charge < -0.3 is 5.73 Å². The number of halogens is 2. The molecule has 0 aliphatic heterocycles. The van der Waals surface area contributed by atoms with Crippen LogP contribution >= 0.6 is 15.9 Å². The van der Waals surface area contributed by atoms with Crippen LogP contribution in [0.5, 0.6) is 0 Å². The third kappa shape index (κ3) is 2.79. The van der Waals surface area contributed by atoms with Gasteiger partial charge in [0.1, 0.15) is 5.82 Å². The fourth-order valence-corrected chi connectivity index (χ4v) is 2.13. The van der Waals surface area contributed by atoms with Crippen molar-refractivity contribution in [3.8, 4) is 0 Å². The predicted octanol–water partition coefficient (Wildman–Crippen LogP) is 3.63. The molecule has 3 heteroatoms. The minimum Gasteiger partial charge on any atom is -0.324 e. The van der Waals surface area contributed by atoms with Crippen LogP contribution in [0.1, 0.15) is 31.9 Å². The van der Waals surface area contributed by atoms with Crippen LogP contribution in [0.3, 0.4) is 0 Å². The largest absolute Gasteiger partial charge is 0.324 e. The first kappa shape index (κ1) is 11.7. The summed E-state index contributed by atoms with van der Waals surface area (Å²) in [5.74, 6) is 0.240. The summed E-state index contributed by atoms with van der Waals surface area (Å²) >= 11 is 3.32. The zero-order valence-corrected chi connectivity index (χ0v) is 10.0. The van der Waals surface area contributed by atoms with Crippen molar-refractivity contribution in [2.24, 2.45) is 11.7 Å². The van der Waals surface area contributed by atoms with Gasteiger partial charge in [-0.15, -0.1) is 0 Å². The number of hydrogen-bond acceptors (Lipinski definition) is 1. The van der Waals surface area contributed by atoms with Gasteiger partial charge in [-0.2, -0.15) is 0 Å². The molecule has 0 aromatic heterocycles. The topological polar surface area (TPSA) is 26.0 Å². The van der Waals surface area contributed by atoms with E-state index in [1.165, 1.54) is 6.07 Å². The molecule has 0 aliphatic carbocycles. The van der Waals surface area contributed by atoms with Gasteiger partial charge in [0, 0.05) is 16.1 Å². The number of nitrogens with two attached hydrogens (primary N) is 1. The minimum absolute atomic E-state index is 0.229. The van der Waals surface area contributed by atoms with Gasteiger partial charge in [0.2, 0.25) is 0 Å². The lowest BCUT2D eigenvalue weighted by atomic mass is 9.97. The Kier molecular flexibility index (Phi) is 4.08. The van der Waals surface area contributed by atoms with Gasteiger partial charge in [-0.1, -0.05) is 35.8 Å². The third-order valence-corrected chi connectivity index (χ3v) is 2.79. The molecule has 2 N–H and O–H groups in total. The van der Waals surface area contributed by atoms with Gasteiger partial charge >= 0.3 is 0 Å². The normalized spacial score (nSPS) is 13.3. The molecule has 1 aromatic rings. The van der Waals surface area contributed by atoms with Crippen LogP contribution in [0.25, 0.3) is 0 Å². The molecule has 14 heavy (non-hydrogen) atoms. The lowest BCUT2D eigenvalue weighted by Crippen LogP contribution is -2.15. The van der Waals surface area contributed by atoms with E-state index in [0.29, 0.717) is 11.5 Å². The van der Waals surface area contributed by atoms with Crippen LogP contribution < -0.4 is 5.73 Å². The first-order chi connectivity index (χ1) is 6.52. The van der Waals surface area contributed by atoms with E-state index in [9.17, 15) is 4.39 Å². The zero-order chi connectivity index (χ0) is 10.7. The molecule has 0 bridgehead atoms. The molecule has 0 saturated heterocycles. The van der Waals surface area contributed by atoms with E-state index in [4.69, 9.17) is 5.73 Å². The Morgan fingerprint density at radius 1 is 1.43 bits per heavy atom. The number of benzene rings is 1. The highest BCUT2D eigenvalue weighted by molar-refractivity contribution is 9.10. The molecular weight excluding hydrogens is 245 g/mol. The van der Waals surface area contributed by atoms with Gasteiger partial charge in [-0.05, 0) is 24.5 Å². The highest BCUT2D eigenvalue weighted by atomic mass is 79.9. The van der Waals surface area contributed by atoms with Gasteiger partial charge in [-0.25, -0.2) is 4.39 Å². The van der Waals surface area contributed by atoms with Crippen LogP contribution in [0.2, 0.25) is 0 Å². The van der Waals surface area contributed by atoms with Crippen LogP contribution in [-0.4, -0.2) is 0 Å². The summed E-state index contributed by atoms with van der Waals surface area (Å²) in [6, 6.07) is 4.70. The Hall–Kier alpha value is -0.410. The summed E-state index contributed by atoms with van der Waals surface area (Å²) < 4.78 is 14.2. The van der Waals surface area contributed by atoms with Crippen molar-refractivity contribution in [1.82, 2.24) is 0 Å². The molecule has 1 nitrogen and oxygen atoms in total. The second kappa shape index (κ2) is 4.89. The second-order valence-corrected chi connectivity index (χ2v) is 4.73. The molecule has 0 aliphatic rings. The van der Waals surface area contributed by atoms with E-state index in [1.54, 1.807) is 6.07 Å². The number of hydrogen-bond donors (Lipinski definition) is 1. The summed E-state index contributed by atoms with van der Waals surface area (Å²) in [5, 5.41) is 0. The SMILES string of the molecule is CC(C)CC(N)c1c(F)cccc1Br. The minimum atomic E-state index is -0.231. The lowest BCUT2D eigenvalue weighted by Gasteiger charge is -2.16. The molecule has 78 valence electrons. The molecule has 1 aromatic carbocycles. The summed E-state index contributed by atoms with van der Waals surface area (Å²) in [5.41, 5.74) is 6.51. The van der Waals surface area contributed by atoms with Crippen molar-refractivity contribution in [2.75, 3.05) is 0 Å². The van der Waals surface area contributed by atoms with E-state index >= 15 is 0 Å². The van der Waals surface area contributed by atoms with Crippen molar-refractivity contribution in [3.63, 3.8) is 0 Å². The fraction of sp³-hybridized carbons (Fsp3) is 0.455. The standard InChI is InChI=1S/C11H15BrFN/c1-7(2)6-10(14)11-8(12)4-3-5-9(11)13/h3-5,7,10H,6,14H2,1-2H3. The van der Waals surface area contributed by atoms with Gasteiger partial charge in [0.15, 0.2) is 0 Å². The van der Waals surface area contributed by atoms with E-state index < -0.39 is 0 Å². The molecule has 0 amide bonds. The summed E-state index contributed by atoms with van der Waals surface area (Å²) in [7, 11) is 0. The van der Waals surface area contributed by atoms with Gasteiger partial charge in [0.05, 0.1) is 0 Å². The Labute approximate surface area is 92.6 Å². The van der Waals surface area contributed by atoms with Crippen LogP contribution in [0.15, 0.2) is 22.7 Å². The Morgan fingerprint density at radius 2 is 2.07 bits per heavy atom. The van der Waals surface area contributed by atoms with Gasteiger partial charge in [-0.3, -0.25) is 0 Å². The molecule has 1 atom stereocenters. The molecule has 0 spiro atoms. The maximum absolute atomic E-state index is 13.4. The fourth-order valence-electron chi connectivity index (χ4n) is 1.49. The Morgan fingerprint density at radius 3 is 2.57 bits per heavy atom. The van der Waals surface area contributed by atoms with Crippen LogP contribution in [0.4, 0.5) is 4.39 Å². The quantitative estimate of drug-likeness (QED) is 0.882. The molecule has 1 unspecified atom stereocenters. The first-order valence-corrected chi connectivity index (χ1v) is 5.51. The predicted molar refractivity (Wildman–Crippen MR) is 60.5 cm³/mol. The zero-order valence-electron chi connectivity index (χ0n) is 8.43. The highest BCUT2D eigenvalue weighted by Crippen LogP contribution is 2.28. The van der Waals surface area contributed by atoms with E-state index in [2.05, 4.69) is 29.8 Å². The summed E-state index contributed by atoms with van der Waals surface area (Å²) in [6.45, 7) is 4.16. The summed E-state index contributed by atoms with van der Waals surface area (Å²) in [4.78, 5) is 0. The maximum Gasteiger partial charge on any atom is 0.129 e. The highest BCUT2D eigenvalue weighted by Gasteiger charge is 2.15. The van der Waals surface area contributed by atoms with Crippen molar-refractivity contribution < 1.29 is 4.39 Å². The van der Waals surface area contributed by atoms with E-state index in [0.717, 1.165) is 10.9 Å². The molecule has 1 rings (SSSR count). The summed E-state index contributed by atoms with van der Waals surface area (Å²) in [6.07, 6.45) is 0.791. The van der Waals surface area contributed by atoms with Crippen molar-refractivity contribution in [2.45, 2.75) is 26.3 Å². The molecular formula is C11H15BrFN. The maximum atomic E-state index is 13.4. The first-order valence-electron chi connectivity index (χ1n) is 4.72. The Balaban J connectivity index is 2.94. The van der Waals surface area contributed by atoms with Crippen molar-refractivity contribution in [1.29, 1.82) is 0 Å². The average Bonchev–Trinajstić information content (AvgIpc) is 2.01. The van der Waals surface area contributed by atoms with Gasteiger partial charge in [0.25, 0.3) is 0 Å². The van der Waals surface area contributed by atoms with Crippen molar-refractivity contribution in [3.05, 3.63) is 34.1 Å². The monoisotopic (exact) mass is 259 g/mol. The average molecular weight is 260 g/mol. The Bertz CT molecular complexity index is 292.